The van der Waals surface area contributed by atoms with Gasteiger partial charge in [0, 0.05) is 18.3 Å². The number of nitrogens with one attached hydrogen (secondary N) is 4. The third-order valence-electron chi connectivity index (χ3n) is 3.60. The van der Waals surface area contributed by atoms with Gasteiger partial charge in [0.05, 0.1) is 16.9 Å². The van der Waals surface area contributed by atoms with Gasteiger partial charge < -0.3 is 21.3 Å². The lowest BCUT2D eigenvalue weighted by Crippen LogP contribution is -2.24. The number of carbonyl (C=O) groups is 3. The standard InChI is InChI=1S/C17H14N4O3S/c1-18-17(25)19-10-7-11-13(21-16(24)14(11)22)12(8-10)20-15(23)9-5-3-2-4-6-9/h2-8H,1H3,(H,20,23)(H2,18,19,25)(H,21,22,24). The maximum atomic E-state index is 12.4. The first kappa shape index (κ1) is 16.6. The van der Waals surface area contributed by atoms with Crippen LogP contribution < -0.4 is 21.3 Å². The van der Waals surface area contributed by atoms with E-state index in [4.69, 9.17) is 12.2 Å². The highest BCUT2D eigenvalue weighted by atomic mass is 32.1. The fourth-order valence-corrected chi connectivity index (χ4v) is 2.51. The number of carbonyl (C=O) groups excluding carboxylic acids is 3. The van der Waals surface area contributed by atoms with E-state index >= 15 is 0 Å². The van der Waals surface area contributed by atoms with Crippen molar-refractivity contribution in [3.63, 3.8) is 0 Å². The Morgan fingerprint density at radius 1 is 1.08 bits per heavy atom. The summed E-state index contributed by atoms with van der Waals surface area (Å²) in [5.41, 5.74) is 1.70. The van der Waals surface area contributed by atoms with E-state index in [1.54, 1.807) is 43.4 Å². The van der Waals surface area contributed by atoms with Crippen LogP contribution in [0.1, 0.15) is 20.7 Å². The van der Waals surface area contributed by atoms with E-state index < -0.39 is 11.7 Å². The lowest BCUT2D eigenvalue weighted by Gasteiger charge is -2.14. The van der Waals surface area contributed by atoms with Gasteiger partial charge in [-0.25, -0.2) is 0 Å². The zero-order valence-electron chi connectivity index (χ0n) is 13.2. The molecule has 0 unspecified atom stereocenters. The normalized spacial score (nSPS) is 12.2. The highest BCUT2D eigenvalue weighted by molar-refractivity contribution is 7.80. The van der Waals surface area contributed by atoms with Crippen molar-refractivity contribution >= 4 is 52.0 Å². The molecule has 3 rings (SSSR count). The van der Waals surface area contributed by atoms with E-state index in [0.717, 1.165) is 0 Å². The van der Waals surface area contributed by atoms with E-state index in [2.05, 4.69) is 21.3 Å². The molecule has 0 spiro atoms. The number of anilines is 3. The molecular weight excluding hydrogens is 340 g/mol. The van der Waals surface area contributed by atoms with Gasteiger partial charge in [0.15, 0.2) is 5.11 Å². The Kier molecular flexibility index (Phi) is 4.44. The smallest absolute Gasteiger partial charge is 0.296 e. The van der Waals surface area contributed by atoms with Gasteiger partial charge in [-0.2, -0.15) is 0 Å². The number of amides is 2. The molecule has 0 saturated heterocycles. The first-order valence-corrected chi connectivity index (χ1v) is 7.79. The van der Waals surface area contributed by atoms with Gasteiger partial charge in [0.25, 0.3) is 17.6 Å². The van der Waals surface area contributed by atoms with Gasteiger partial charge in [0.2, 0.25) is 0 Å². The van der Waals surface area contributed by atoms with Crippen LogP contribution in [-0.2, 0) is 4.79 Å². The zero-order chi connectivity index (χ0) is 18.0. The third-order valence-corrected chi connectivity index (χ3v) is 3.90. The quantitative estimate of drug-likeness (QED) is 0.497. The molecular formula is C17H14N4O3S. The molecule has 0 fully saturated rings. The number of ketones is 1. The molecule has 0 aromatic heterocycles. The van der Waals surface area contributed by atoms with Crippen molar-refractivity contribution in [3.8, 4) is 0 Å². The third kappa shape index (κ3) is 3.33. The second-order valence-electron chi connectivity index (χ2n) is 5.25. The molecule has 0 saturated carbocycles. The SMILES string of the molecule is CNC(=S)Nc1cc(NC(=O)c2ccccc2)c2c(c1)C(=O)C(=O)N2. The van der Waals surface area contributed by atoms with Crippen LogP contribution in [-0.4, -0.2) is 29.8 Å². The minimum Gasteiger partial charge on any atom is -0.366 e. The highest BCUT2D eigenvalue weighted by Gasteiger charge is 2.31. The summed E-state index contributed by atoms with van der Waals surface area (Å²) in [4.78, 5) is 36.1. The van der Waals surface area contributed by atoms with Crippen molar-refractivity contribution in [3.05, 3.63) is 53.6 Å². The topological polar surface area (TPSA) is 99.3 Å². The summed E-state index contributed by atoms with van der Waals surface area (Å²) in [6.45, 7) is 0. The predicted octanol–water partition coefficient (Wildman–Crippen LogP) is 1.99. The minimum absolute atomic E-state index is 0.178. The molecule has 2 aromatic rings. The molecule has 1 aliphatic rings. The molecule has 4 N–H and O–H groups in total. The van der Waals surface area contributed by atoms with E-state index in [1.807, 2.05) is 0 Å². The van der Waals surface area contributed by atoms with Crippen LogP contribution >= 0.6 is 12.2 Å². The molecule has 1 heterocycles. The van der Waals surface area contributed by atoms with Crippen molar-refractivity contribution in [2.75, 3.05) is 23.0 Å². The first-order valence-electron chi connectivity index (χ1n) is 7.38. The molecule has 0 atom stereocenters. The van der Waals surface area contributed by atoms with Crippen molar-refractivity contribution < 1.29 is 14.4 Å². The maximum Gasteiger partial charge on any atom is 0.296 e. The van der Waals surface area contributed by atoms with Crippen LogP contribution in [0.4, 0.5) is 17.1 Å². The Morgan fingerprint density at radius 3 is 2.48 bits per heavy atom. The average molecular weight is 354 g/mol. The fourth-order valence-electron chi connectivity index (χ4n) is 2.40. The second-order valence-corrected chi connectivity index (χ2v) is 5.66. The summed E-state index contributed by atoms with van der Waals surface area (Å²) >= 11 is 5.05. The monoisotopic (exact) mass is 354 g/mol. The molecule has 1 aliphatic heterocycles. The maximum absolute atomic E-state index is 12.4. The van der Waals surface area contributed by atoms with E-state index in [0.29, 0.717) is 22.1 Å². The molecule has 7 nitrogen and oxygen atoms in total. The molecule has 0 radical (unpaired) electrons. The lowest BCUT2D eigenvalue weighted by molar-refractivity contribution is -0.112. The summed E-state index contributed by atoms with van der Waals surface area (Å²) < 4.78 is 0. The van der Waals surface area contributed by atoms with E-state index in [-0.39, 0.29) is 17.2 Å². The number of benzene rings is 2. The average Bonchev–Trinajstić information content (AvgIpc) is 2.91. The van der Waals surface area contributed by atoms with Gasteiger partial charge in [-0.15, -0.1) is 0 Å². The van der Waals surface area contributed by atoms with Gasteiger partial charge in [-0.05, 0) is 36.5 Å². The highest BCUT2D eigenvalue weighted by Crippen LogP contribution is 2.35. The zero-order valence-corrected chi connectivity index (χ0v) is 14.0. The summed E-state index contributed by atoms with van der Waals surface area (Å²) in [7, 11) is 1.65. The minimum atomic E-state index is -0.737. The molecule has 0 bridgehead atoms. The van der Waals surface area contributed by atoms with Crippen molar-refractivity contribution in [2.45, 2.75) is 0 Å². The van der Waals surface area contributed by atoms with Crippen molar-refractivity contribution in [1.29, 1.82) is 0 Å². The molecule has 126 valence electrons. The second kappa shape index (κ2) is 6.70. The summed E-state index contributed by atoms with van der Waals surface area (Å²) in [5, 5.41) is 11.2. The van der Waals surface area contributed by atoms with Gasteiger partial charge in [-0.1, -0.05) is 18.2 Å². The van der Waals surface area contributed by atoms with E-state index in [1.165, 1.54) is 6.07 Å². The van der Waals surface area contributed by atoms with Crippen LogP contribution in [0, 0.1) is 0 Å². The Balaban J connectivity index is 1.98. The largest absolute Gasteiger partial charge is 0.366 e. The molecule has 2 amide bonds. The summed E-state index contributed by atoms with van der Waals surface area (Å²) in [6.07, 6.45) is 0. The molecule has 8 heteroatoms. The van der Waals surface area contributed by atoms with Crippen LogP contribution in [0.15, 0.2) is 42.5 Å². The van der Waals surface area contributed by atoms with Crippen LogP contribution in [0.2, 0.25) is 0 Å². The predicted molar refractivity (Wildman–Crippen MR) is 99.1 cm³/mol. The van der Waals surface area contributed by atoms with Gasteiger partial charge >= 0.3 is 0 Å². The lowest BCUT2D eigenvalue weighted by atomic mass is 10.1. The van der Waals surface area contributed by atoms with Crippen molar-refractivity contribution in [2.24, 2.45) is 0 Å². The molecule has 25 heavy (non-hydrogen) atoms. The fraction of sp³-hybridized carbons (Fsp3) is 0.0588. The summed E-state index contributed by atoms with van der Waals surface area (Å²) in [6, 6.07) is 11.7. The Morgan fingerprint density at radius 2 is 1.80 bits per heavy atom. The Bertz CT molecular complexity index is 896. The van der Waals surface area contributed by atoms with E-state index in [9.17, 15) is 14.4 Å². The number of fused-ring (bicyclic) bond motifs is 1. The number of hydrogen-bond acceptors (Lipinski definition) is 4. The first-order chi connectivity index (χ1) is 12.0. The van der Waals surface area contributed by atoms with Crippen LogP contribution in [0.25, 0.3) is 0 Å². The van der Waals surface area contributed by atoms with Crippen LogP contribution in [0.5, 0.6) is 0 Å². The van der Waals surface area contributed by atoms with Gasteiger partial charge in [0.1, 0.15) is 0 Å². The van der Waals surface area contributed by atoms with Gasteiger partial charge in [-0.3, -0.25) is 14.4 Å². The Hall–Kier alpha value is -3.26. The number of rotatable bonds is 3. The number of thiocarbonyl (C=S) groups is 1. The molecule has 0 aliphatic carbocycles. The van der Waals surface area contributed by atoms with Crippen LogP contribution in [0.3, 0.4) is 0 Å². The molecule has 2 aromatic carbocycles. The summed E-state index contributed by atoms with van der Waals surface area (Å²) in [5.74, 6) is -1.76. The number of Topliss-reactive ketones (excluding diaryl/α,β-unsaturated/α-hetero) is 1. The van der Waals surface area contributed by atoms with Crippen molar-refractivity contribution in [1.82, 2.24) is 5.32 Å². The Labute approximate surface area is 148 Å². The number of hydrogen-bond donors (Lipinski definition) is 4.